The number of halogens is 1. The molecule has 0 bridgehead atoms. The van der Waals surface area contributed by atoms with Gasteiger partial charge in [0.25, 0.3) is 11.6 Å². The summed E-state index contributed by atoms with van der Waals surface area (Å²) in [7, 11) is 0. The third-order valence-corrected chi connectivity index (χ3v) is 3.62. The Bertz CT molecular complexity index is 636. The molecule has 0 saturated heterocycles. The van der Waals surface area contributed by atoms with Gasteiger partial charge in [-0.3, -0.25) is 19.7 Å². The van der Waals surface area contributed by atoms with E-state index in [1.807, 2.05) is 0 Å². The van der Waals surface area contributed by atoms with Crippen LogP contribution in [0.15, 0.2) is 18.2 Å². The first-order valence-corrected chi connectivity index (χ1v) is 7.71. The minimum Gasteiger partial charge on any atom is -0.394 e. The standard InChI is InChI=1S/C15H20ClN3O5/c1-8(2)13(15(22)17-9(3)7-20)18-14(21)11-5-4-10(19(23)24)6-12(11)16/h4-6,8-9,13,20H,7H2,1-3H3,(H,17,22)(H,18,21). The van der Waals surface area contributed by atoms with Crippen molar-refractivity contribution in [1.29, 1.82) is 0 Å². The van der Waals surface area contributed by atoms with Crippen LogP contribution in [0.1, 0.15) is 31.1 Å². The number of nitro benzene ring substituents is 1. The molecule has 24 heavy (non-hydrogen) atoms. The number of nitrogens with one attached hydrogen (secondary N) is 2. The molecule has 0 aromatic heterocycles. The molecule has 0 fully saturated rings. The zero-order chi connectivity index (χ0) is 18.4. The lowest BCUT2D eigenvalue weighted by atomic mass is 10.0. The molecule has 0 spiro atoms. The Morgan fingerprint density at radius 1 is 1.29 bits per heavy atom. The van der Waals surface area contributed by atoms with E-state index in [4.69, 9.17) is 16.7 Å². The van der Waals surface area contributed by atoms with Crippen molar-refractivity contribution in [2.45, 2.75) is 32.9 Å². The molecular formula is C15H20ClN3O5. The number of benzene rings is 1. The van der Waals surface area contributed by atoms with Crippen molar-refractivity contribution < 1.29 is 19.6 Å². The van der Waals surface area contributed by atoms with Crippen LogP contribution in [0.4, 0.5) is 5.69 Å². The summed E-state index contributed by atoms with van der Waals surface area (Å²) in [6, 6.07) is 2.20. The fourth-order valence-corrected chi connectivity index (χ4v) is 2.19. The Labute approximate surface area is 144 Å². The third-order valence-electron chi connectivity index (χ3n) is 3.31. The van der Waals surface area contributed by atoms with E-state index in [-0.39, 0.29) is 28.8 Å². The molecule has 1 rings (SSSR count). The fourth-order valence-electron chi connectivity index (χ4n) is 1.93. The quantitative estimate of drug-likeness (QED) is 0.504. The largest absolute Gasteiger partial charge is 0.394 e. The fraction of sp³-hybridized carbons (Fsp3) is 0.467. The van der Waals surface area contributed by atoms with Crippen LogP contribution in [-0.2, 0) is 4.79 Å². The van der Waals surface area contributed by atoms with Crippen molar-refractivity contribution in [3.05, 3.63) is 38.9 Å². The van der Waals surface area contributed by atoms with Crippen molar-refractivity contribution in [1.82, 2.24) is 10.6 Å². The molecule has 3 N–H and O–H groups in total. The van der Waals surface area contributed by atoms with Gasteiger partial charge in [-0.2, -0.15) is 0 Å². The van der Waals surface area contributed by atoms with Gasteiger partial charge in [0, 0.05) is 18.2 Å². The van der Waals surface area contributed by atoms with Crippen LogP contribution in [0.3, 0.4) is 0 Å². The van der Waals surface area contributed by atoms with E-state index >= 15 is 0 Å². The summed E-state index contributed by atoms with van der Waals surface area (Å²) < 4.78 is 0. The minimum absolute atomic E-state index is 0.0379. The highest BCUT2D eigenvalue weighted by Gasteiger charge is 2.26. The van der Waals surface area contributed by atoms with Crippen LogP contribution < -0.4 is 10.6 Å². The number of aliphatic hydroxyl groups is 1. The second-order valence-corrected chi connectivity index (χ2v) is 6.12. The lowest BCUT2D eigenvalue weighted by Crippen LogP contribution is -2.52. The first kappa shape index (κ1) is 19.9. The maximum atomic E-state index is 12.3. The summed E-state index contributed by atoms with van der Waals surface area (Å²) in [5, 5.41) is 24.8. The summed E-state index contributed by atoms with van der Waals surface area (Å²) >= 11 is 5.92. The van der Waals surface area contributed by atoms with Gasteiger partial charge in [-0.25, -0.2) is 0 Å². The van der Waals surface area contributed by atoms with E-state index in [1.54, 1.807) is 20.8 Å². The second kappa shape index (κ2) is 8.60. The number of carbonyl (C=O) groups excluding carboxylic acids is 2. The van der Waals surface area contributed by atoms with Crippen molar-refractivity contribution in [3.63, 3.8) is 0 Å². The Hall–Kier alpha value is -2.19. The molecule has 2 atom stereocenters. The summed E-state index contributed by atoms with van der Waals surface area (Å²) in [6.07, 6.45) is 0. The predicted octanol–water partition coefficient (Wildman–Crippen LogP) is 1.50. The van der Waals surface area contributed by atoms with Gasteiger partial charge >= 0.3 is 0 Å². The van der Waals surface area contributed by atoms with Crippen LogP contribution in [0.5, 0.6) is 0 Å². The highest BCUT2D eigenvalue weighted by molar-refractivity contribution is 6.34. The smallest absolute Gasteiger partial charge is 0.270 e. The molecule has 132 valence electrons. The molecule has 0 saturated carbocycles. The van der Waals surface area contributed by atoms with Crippen LogP contribution >= 0.6 is 11.6 Å². The van der Waals surface area contributed by atoms with E-state index < -0.39 is 28.8 Å². The van der Waals surface area contributed by atoms with Crippen molar-refractivity contribution in [3.8, 4) is 0 Å². The number of nitro groups is 1. The molecular weight excluding hydrogens is 338 g/mol. The molecule has 8 nitrogen and oxygen atoms in total. The summed E-state index contributed by atoms with van der Waals surface area (Å²) in [5.41, 5.74) is -0.192. The van der Waals surface area contributed by atoms with E-state index in [1.165, 1.54) is 12.1 Å². The number of amides is 2. The molecule has 0 heterocycles. The average molecular weight is 358 g/mol. The molecule has 1 aromatic carbocycles. The van der Waals surface area contributed by atoms with Crippen molar-refractivity contribution >= 4 is 29.1 Å². The Morgan fingerprint density at radius 3 is 2.38 bits per heavy atom. The molecule has 1 aromatic rings. The van der Waals surface area contributed by atoms with Gasteiger partial charge < -0.3 is 15.7 Å². The maximum absolute atomic E-state index is 12.3. The Balaban J connectivity index is 2.93. The zero-order valence-electron chi connectivity index (χ0n) is 13.6. The Morgan fingerprint density at radius 2 is 1.92 bits per heavy atom. The van der Waals surface area contributed by atoms with Gasteiger partial charge in [-0.1, -0.05) is 25.4 Å². The normalized spacial score (nSPS) is 13.2. The van der Waals surface area contributed by atoms with Gasteiger partial charge in [-0.05, 0) is 18.9 Å². The van der Waals surface area contributed by atoms with Gasteiger partial charge in [0.15, 0.2) is 0 Å². The monoisotopic (exact) mass is 357 g/mol. The first-order valence-electron chi connectivity index (χ1n) is 7.33. The van der Waals surface area contributed by atoms with Crippen LogP contribution in [0.2, 0.25) is 5.02 Å². The summed E-state index contributed by atoms with van der Waals surface area (Å²) in [5.74, 6) is -1.25. The molecule has 0 radical (unpaired) electrons. The number of rotatable bonds is 7. The van der Waals surface area contributed by atoms with E-state index in [0.29, 0.717) is 0 Å². The topological polar surface area (TPSA) is 122 Å². The average Bonchev–Trinajstić information content (AvgIpc) is 2.51. The van der Waals surface area contributed by atoms with E-state index in [2.05, 4.69) is 10.6 Å². The van der Waals surface area contributed by atoms with Gasteiger partial charge in [-0.15, -0.1) is 0 Å². The predicted molar refractivity (Wildman–Crippen MR) is 88.9 cm³/mol. The molecule has 2 amide bonds. The number of carbonyl (C=O) groups is 2. The van der Waals surface area contributed by atoms with Gasteiger partial charge in [0.2, 0.25) is 5.91 Å². The molecule has 0 aliphatic rings. The van der Waals surface area contributed by atoms with Gasteiger partial charge in [0.05, 0.1) is 22.1 Å². The summed E-state index contributed by atoms with van der Waals surface area (Å²) in [4.78, 5) is 34.6. The molecule has 0 aliphatic carbocycles. The summed E-state index contributed by atoms with van der Waals surface area (Å²) in [6.45, 7) is 4.92. The third kappa shape index (κ3) is 5.17. The Kier molecular flexibility index (Phi) is 7.12. The van der Waals surface area contributed by atoms with Gasteiger partial charge in [0.1, 0.15) is 6.04 Å². The molecule has 2 unspecified atom stereocenters. The number of non-ortho nitro benzene ring substituents is 1. The second-order valence-electron chi connectivity index (χ2n) is 5.71. The van der Waals surface area contributed by atoms with E-state index in [9.17, 15) is 19.7 Å². The molecule has 0 aliphatic heterocycles. The lowest BCUT2D eigenvalue weighted by molar-refractivity contribution is -0.384. The van der Waals surface area contributed by atoms with Crippen molar-refractivity contribution in [2.75, 3.05) is 6.61 Å². The number of hydrogen-bond acceptors (Lipinski definition) is 5. The van der Waals surface area contributed by atoms with Crippen molar-refractivity contribution in [2.24, 2.45) is 5.92 Å². The highest BCUT2D eigenvalue weighted by atomic mass is 35.5. The first-order chi connectivity index (χ1) is 11.2. The minimum atomic E-state index is -0.835. The highest BCUT2D eigenvalue weighted by Crippen LogP contribution is 2.22. The number of nitrogens with zero attached hydrogens (tertiary/aromatic N) is 1. The van der Waals surface area contributed by atoms with Crippen LogP contribution in [0.25, 0.3) is 0 Å². The lowest BCUT2D eigenvalue weighted by Gasteiger charge is -2.23. The number of hydrogen-bond donors (Lipinski definition) is 3. The SMILES string of the molecule is CC(CO)NC(=O)C(NC(=O)c1ccc([N+](=O)[O-])cc1Cl)C(C)C. The van der Waals surface area contributed by atoms with Crippen LogP contribution in [-0.4, -0.2) is 40.5 Å². The number of aliphatic hydroxyl groups excluding tert-OH is 1. The molecule has 9 heteroatoms. The maximum Gasteiger partial charge on any atom is 0.270 e. The van der Waals surface area contributed by atoms with E-state index in [0.717, 1.165) is 6.07 Å². The van der Waals surface area contributed by atoms with Crippen LogP contribution in [0, 0.1) is 16.0 Å². The zero-order valence-corrected chi connectivity index (χ0v) is 14.3.